The minimum atomic E-state index is -2.02. The Hall–Kier alpha value is -0.210. The minimum Gasteiger partial charge on any atom is -0.298 e. The van der Waals surface area contributed by atoms with E-state index in [-0.39, 0.29) is 5.54 Å². The number of Topliss-reactive ketones (excluding diaryl/α,β-unsaturated/α-hetero) is 1. The average molecular weight is 384 g/mol. The van der Waals surface area contributed by atoms with Gasteiger partial charge in [-0.25, -0.2) is 0 Å². The van der Waals surface area contributed by atoms with Crippen molar-refractivity contribution < 1.29 is 4.79 Å². The van der Waals surface area contributed by atoms with E-state index in [0.29, 0.717) is 12.2 Å². The first kappa shape index (κ1) is 18.6. The Bertz CT molecular complexity index is 658. The summed E-state index contributed by atoms with van der Waals surface area (Å²) in [4.78, 5) is 14.1. The van der Waals surface area contributed by atoms with E-state index < -0.39 is 5.59 Å². The van der Waals surface area contributed by atoms with E-state index in [0.717, 1.165) is 44.9 Å². The van der Waals surface area contributed by atoms with Crippen molar-refractivity contribution >= 4 is 39.3 Å². The van der Waals surface area contributed by atoms with E-state index in [1.54, 1.807) is 11.4 Å². The van der Waals surface area contributed by atoms with Crippen molar-refractivity contribution in [2.75, 3.05) is 0 Å². The van der Waals surface area contributed by atoms with Crippen molar-refractivity contribution in [2.45, 2.75) is 75.6 Å². The second-order valence-corrected chi connectivity index (χ2v) is 14.0. The lowest BCUT2D eigenvalue weighted by Crippen LogP contribution is -2.47. The largest absolute Gasteiger partial charge is 0.298 e. The van der Waals surface area contributed by atoms with Crippen LogP contribution in [0.4, 0.5) is 0 Å². The molecule has 0 aliphatic heterocycles. The van der Waals surface area contributed by atoms with Crippen LogP contribution in [0.3, 0.4) is 0 Å². The molecule has 0 aromatic heterocycles. The van der Waals surface area contributed by atoms with Crippen molar-refractivity contribution in [1.82, 2.24) is 5.09 Å². The number of benzene rings is 1. The first-order valence-electron chi connectivity index (χ1n) is 9.00. The van der Waals surface area contributed by atoms with E-state index in [1.807, 2.05) is 0 Å². The summed E-state index contributed by atoms with van der Waals surface area (Å²) in [6.07, 6.45) is 7.95. The Kier molecular flexibility index (Phi) is 5.87. The molecule has 2 aliphatic rings. The molecule has 24 heavy (non-hydrogen) atoms. The molecule has 0 heterocycles. The van der Waals surface area contributed by atoms with Crippen LogP contribution in [0.1, 0.15) is 63.9 Å². The molecule has 1 aromatic rings. The van der Waals surface area contributed by atoms with Gasteiger partial charge in [0.25, 0.3) is 0 Å². The number of halogens is 1. The monoisotopic (exact) mass is 383 g/mol. The lowest BCUT2D eigenvalue weighted by atomic mass is 9.91. The SMILES string of the molecule is CCCC(=O)C1(NP(Cl)(Sc2ccc(C)cc2)=C2CC2)CCCC1. The highest BCUT2D eigenvalue weighted by atomic mass is 35.7. The van der Waals surface area contributed by atoms with Gasteiger partial charge in [0, 0.05) is 11.3 Å². The molecule has 2 aliphatic carbocycles. The Morgan fingerprint density at radius 3 is 2.42 bits per heavy atom. The molecule has 0 amide bonds. The number of hydrogen-bond donors (Lipinski definition) is 1. The predicted molar refractivity (Wildman–Crippen MR) is 108 cm³/mol. The fraction of sp³-hybridized carbons (Fsp3) is 0.579. The molecule has 0 spiro atoms. The van der Waals surface area contributed by atoms with Gasteiger partial charge in [-0.3, -0.25) is 9.88 Å². The Morgan fingerprint density at radius 1 is 1.25 bits per heavy atom. The third-order valence-corrected chi connectivity index (χ3v) is 11.7. The van der Waals surface area contributed by atoms with Gasteiger partial charge in [0.2, 0.25) is 0 Å². The van der Waals surface area contributed by atoms with Crippen LogP contribution in [0.2, 0.25) is 0 Å². The molecule has 1 unspecified atom stereocenters. The second-order valence-electron chi connectivity index (χ2n) is 7.08. The van der Waals surface area contributed by atoms with Crippen molar-refractivity contribution in [3.05, 3.63) is 29.8 Å². The third kappa shape index (κ3) is 4.12. The van der Waals surface area contributed by atoms with Gasteiger partial charge in [-0.05, 0) is 56.5 Å². The zero-order chi connectivity index (χ0) is 17.2. The van der Waals surface area contributed by atoms with Crippen LogP contribution in [-0.4, -0.2) is 16.6 Å². The molecule has 1 N–H and O–H groups in total. The molecule has 2 saturated carbocycles. The van der Waals surface area contributed by atoms with Gasteiger partial charge in [0.15, 0.2) is 5.78 Å². The number of nitrogens with one attached hydrogen (secondary N) is 1. The van der Waals surface area contributed by atoms with Crippen LogP contribution >= 0.6 is 28.2 Å². The standard InChI is InChI=1S/C19H27ClNOPS/c1-3-6-18(22)19(13-4-5-14-19)21-23(20,16-9-10-16)24-17-11-7-15(2)8-12-17/h7-8,11-12,21H,3-6,9-10,13-14H2,1-2H3. The molecule has 3 rings (SSSR count). The maximum absolute atomic E-state index is 12.9. The highest BCUT2D eigenvalue weighted by Gasteiger charge is 2.44. The molecule has 2 fully saturated rings. The van der Waals surface area contributed by atoms with E-state index in [1.165, 1.54) is 15.8 Å². The van der Waals surface area contributed by atoms with Crippen molar-refractivity contribution in [3.63, 3.8) is 0 Å². The lowest BCUT2D eigenvalue weighted by molar-refractivity contribution is -0.124. The summed E-state index contributed by atoms with van der Waals surface area (Å²) >= 11 is 8.97. The summed E-state index contributed by atoms with van der Waals surface area (Å²) in [5.41, 5.74) is -1.14. The number of aryl methyl sites for hydroxylation is 1. The predicted octanol–water partition coefficient (Wildman–Crippen LogP) is 6.33. The van der Waals surface area contributed by atoms with Gasteiger partial charge >= 0.3 is 0 Å². The van der Waals surface area contributed by atoms with Crippen molar-refractivity contribution in [2.24, 2.45) is 0 Å². The van der Waals surface area contributed by atoms with Gasteiger partial charge in [0.05, 0.1) is 11.1 Å². The highest BCUT2D eigenvalue weighted by Crippen LogP contribution is 2.70. The summed E-state index contributed by atoms with van der Waals surface area (Å²) in [5, 5.41) is 5.20. The fourth-order valence-electron chi connectivity index (χ4n) is 3.43. The van der Waals surface area contributed by atoms with Crippen molar-refractivity contribution in [3.8, 4) is 0 Å². The zero-order valence-electron chi connectivity index (χ0n) is 14.6. The van der Waals surface area contributed by atoms with Crippen LogP contribution in [0.5, 0.6) is 0 Å². The first-order chi connectivity index (χ1) is 11.5. The van der Waals surface area contributed by atoms with Gasteiger partial charge in [0.1, 0.15) is 0 Å². The number of hydrogen-bond acceptors (Lipinski definition) is 3. The maximum atomic E-state index is 12.9. The maximum Gasteiger partial charge on any atom is 0.153 e. The van der Waals surface area contributed by atoms with Crippen LogP contribution in [0.15, 0.2) is 29.2 Å². The number of carbonyl (C=O) groups excluding carboxylic acids is 1. The summed E-state index contributed by atoms with van der Waals surface area (Å²) < 4.78 is 0. The summed E-state index contributed by atoms with van der Waals surface area (Å²) in [7, 11) is 0. The van der Waals surface area contributed by atoms with E-state index in [2.05, 4.69) is 43.2 Å². The van der Waals surface area contributed by atoms with Gasteiger partial charge in [-0.1, -0.05) is 60.1 Å². The normalized spacial score (nSPS) is 21.5. The number of carbonyl (C=O) groups is 1. The van der Waals surface area contributed by atoms with E-state index in [9.17, 15) is 4.79 Å². The van der Waals surface area contributed by atoms with Crippen LogP contribution in [0.25, 0.3) is 0 Å². The van der Waals surface area contributed by atoms with Crippen molar-refractivity contribution in [1.29, 1.82) is 0 Å². The van der Waals surface area contributed by atoms with Crippen LogP contribution < -0.4 is 5.09 Å². The summed E-state index contributed by atoms with van der Waals surface area (Å²) in [6, 6.07) is 8.57. The van der Waals surface area contributed by atoms with E-state index >= 15 is 0 Å². The molecular formula is C19H27ClNOPS. The molecule has 2 nitrogen and oxygen atoms in total. The lowest BCUT2D eigenvalue weighted by Gasteiger charge is -2.34. The minimum absolute atomic E-state index is 0.373. The average Bonchev–Trinajstić information content (AvgIpc) is 3.32. The quantitative estimate of drug-likeness (QED) is 0.558. The smallest absolute Gasteiger partial charge is 0.153 e. The van der Waals surface area contributed by atoms with Gasteiger partial charge in [-0.2, -0.15) is 0 Å². The molecule has 1 atom stereocenters. The van der Waals surface area contributed by atoms with Crippen LogP contribution in [0, 0.1) is 6.92 Å². The molecule has 0 bridgehead atoms. The third-order valence-electron chi connectivity index (χ3n) is 4.96. The molecular weight excluding hydrogens is 357 g/mol. The molecule has 132 valence electrons. The van der Waals surface area contributed by atoms with Gasteiger partial charge < -0.3 is 0 Å². The van der Waals surface area contributed by atoms with Crippen LogP contribution in [-0.2, 0) is 4.79 Å². The van der Waals surface area contributed by atoms with Gasteiger partial charge in [-0.15, -0.1) is 0 Å². The summed E-state index contributed by atoms with van der Waals surface area (Å²) in [5.74, 6) is 0.373. The molecule has 1 aromatic carbocycles. The highest BCUT2D eigenvalue weighted by molar-refractivity contribution is 8.68. The molecule has 0 saturated heterocycles. The Balaban J connectivity index is 1.87. The molecule has 5 heteroatoms. The topological polar surface area (TPSA) is 29.1 Å². The number of ketones is 1. The number of rotatable bonds is 7. The Labute approximate surface area is 154 Å². The fourth-order valence-corrected chi connectivity index (χ4v) is 10.4. The second kappa shape index (κ2) is 7.58. The molecule has 0 radical (unpaired) electrons. The van der Waals surface area contributed by atoms with E-state index in [4.69, 9.17) is 11.2 Å². The summed E-state index contributed by atoms with van der Waals surface area (Å²) in [6.45, 7) is 4.18. The Morgan fingerprint density at radius 2 is 1.88 bits per heavy atom. The first-order valence-corrected chi connectivity index (χ1v) is 13.1. The zero-order valence-corrected chi connectivity index (χ0v) is 17.1.